The first kappa shape index (κ1) is 20.0. The van der Waals surface area contributed by atoms with Crippen LogP contribution in [-0.2, 0) is 4.79 Å². The van der Waals surface area contributed by atoms with Crippen LogP contribution in [0.5, 0.6) is 0 Å². The van der Waals surface area contributed by atoms with Gasteiger partial charge in [0.2, 0.25) is 5.91 Å². The number of nitrogens with zero attached hydrogens (tertiary/aromatic N) is 1. The van der Waals surface area contributed by atoms with E-state index in [1.54, 1.807) is 0 Å². The van der Waals surface area contributed by atoms with Crippen LogP contribution in [0.4, 0.5) is 0 Å². The highest BCUT2D eigenvalue weighted by atomic mass is 35.5. The molecular formula is C19H31ClN2O. The smallest absolute Gasteiger partial charge is 0.223 e. The molecule has 0 aromatic heterocycles. The van der Waals surface area contributed by atoms with Gasteiger partial charge in [-0.15, -0.1) is 12.4 Å². The summed E-state index contributed by atoms with van der Waals surface area (Å²) < 4.78 is 0. The number of rotatable bonds is 5. The van der Waals surface area contributed by atoms with E-state index in [4.69, 9.17) is 5.73 Å². The summed E-state index contributed by atoms with van der Waals surface area (Å²) in [7, 11) is 0. The van der Waals surface area contributed by atoms with Crippen LogP contribution in [0, 0.1) is 5.92 Å². The predicted octanol–water partition coefficient (Wildman–Crippen LogP) is 3.97. The van der Waals surface area contributed by atoms with Crippen LogP contribution in [0.15, 0.2) is 30.3 Å². The average molecular weight is 339 g/mol. The van der Waals surface area contributed by atoms with Gasteiger partial charge in [-0.05, 0) is 43.6 Å². The van der Waals surface area contributed by atoms with Gasteiger partial charge in [0.05, 0.1) is 0 Å². The Morgan fingerprint density at radius 3 is 2.43 bits per heavy atom. The van der Waals surface area contributed by atoms with Crippen LogP contribution < -0.4 is 5.73 Å². The summed E-state index contributed by atoms with van der Waals surface area (Å²) in [6.07, 6.45) is 3.92. The van der Waals surface area contributed by atoms with Crippen molar-refractivity contribution in [3.8, 4) is 0 Å². The van der Waals surface area contributed by atoms with E-state index in [-0.39, 0.29) is 36.3 Å². The van der Waals surface area contributed by atoms with Gasteiger partial charge in [0.25, 0.3) is 0 Å². The Bertz CT molecular complexity index is 476. The van der Waals surface area contributed by atoms with E-state index in [9.17, 15) is 4.79 Å². The number of amides is 1. The monoisotopic (exact) mass is 338 g/mol. The van der Waals surface area contributed by atoms with E-state index in [0.717, 1.165) is 19.4 Å². The second kappa shape index (κ2) is 9.29. The molecule has 3 nitrogen and oxygen atoms in total. The molecular weight excluding hydrogens is 308 g/mol. The van der Waals surface area contributed by atoms with Crippen molar-refractivity contribution in [2.45, 2.75) is 64.5 Å². The molecule has 1 aromatic carbocycles. The summed E-state index contributed by atoms with van der Waals surface area (Å²) in [6, 6.07) is 10.7. The lowest BCUT2D eigenvalue weighted by atomic mass is 9.85. The number of nitrogens with two attached hydrogens (primary N) is 1. The molecule has 0 radical (unpaired) electrons. The zero-order valence-electron chi connectivity index (χ0n) is 14.6. The number of carbonyl (C=O) groups excluding carboxylic acids is 1. The van der Waals surface area contributed by atoms with Gasteiger partial charge in [-0.25, -0.2) is 0 Å². The first-order chi connectivity index (χ1) is 10.5. The summed E-state index contributed by atoms with van der Waals surface area (Å²) in [5.74, 6) is 0.999. The standard InChI is InChI=1S/C19H30N2O.ClH/c1-14(2)17(16-9-5-4-6-10-16)13-19(22)21-12-8-7-11-18(21)15(3)20;/h4-6,9-10,14-15,17-18H,7-8,11-13,20H2,1-3H3;1H. The molecule has 3 atom stereocenters. The summed E-state index contributed by atoms with van der Waals surface area (Å²) in [6.45, 7) is 7.28. The van der Waals surface area contributed by atoms with E-state index in [1.165, 1.54) is 12.0 Å². The Labute approximate surface area is 147 Å². The third kappa shape index (κ3) is 5.22. The number of benzene rings is 1. The van der Waals surface area contributed by atoms with E-state index in [0.29, 0.717) is 12.3 Å². The third-order valence-corrected chi connectivity index (χ3v) is 4.90. The van der Waals surface area contributed by atoms with E-state index in [2.05, 4.69) is 38.1 Å². The fourth-order valence-corrected chi connectivity index (χ4v) is 3.56. The Morgan fingerprint density at radius 2 is 1.87 bits per heavy atom. The van der Waals surface area contributed by atoms with Gasteiger partial charge in [0.1, 0.15) is 0 Å². The van der Waals surface area contributed by atoms with Gasteiger partial charge < -0.3 is 10.6 Å². The Balaban J connectivity index is 0.00000264. The second-order valence-electron chi connectivity index (χ2n) is 6.97. The molecule has 0 saturated carbocycles. The maximum absolute atomic E-state index is 12.9. The number of likely N-dealkylation sites (tertiary alicyclic amines) is 1. The molecule has 2 rings (SSSR count). The van der Waals surface area contributed by atoms with Gasteiger partial charge in [-0.3, -0.25) is 4.79 Å². The van der Waals surface area contributed by atoms with Gasteiger partial charge in [-0.1, -0.05) is 44.2 Å². The molecule has 0 spiro atoms. The lowest BCUT2D eigenvalue weighted by Crippen LogP contribution is -2.52. The van der Waals surface area contributed by atoms with E-state index in [1.807, 2.05) is 17.9 Å². The summed E-state index contributed by atoms with van der Waals surface area (Å²) in [4.78, 5) is 14.9. The number of hydrogen-bond acceptors (Lipinski definition) is 2. The maximum atomic E-state index is 12.9. The molecule has 1 aromatic rings. The van der Waals surface area contributed by atoms with Crippen LogP contribution in [0.1, 0.15) is 57.9 Å². The van der Waals surface area contributed by atoms with Crippen LogP contribution in [0.3, 0.4) is 0 Å². The molecule has 0 aliphatic carbocycles. The van der Waals surface area contributed by atoms with Crippen molar-refractivity contribution < 1.29 is 4.79 Å². The van der Waals surface area contributed by atoms with E-state index >= 15 is 0 Å². The van der Waals surface area contributed by atoms with Crippen molar-refractivity contribution in [3.63, 3.8) is 0 Å². The molecule has 130 valence electrons. The highest BCUT2D eigenvalue weighted by molar-refractivity contribution is 5.85. The molecule has 1 heterocycles. The summed E-state index contributed by atoms with van der Waals surface area (Å²) >= 11 is 0. The largest absolute Gasteiger partial charge is 0.338 e. The highest BCUT2D eigenvalue weighted by Gasteiger charge is 2.31. The van der Waals surface area contributed by atoms with Gasteiger partial charge in [-0.2, -0.15) is 0 Å². The molecule has 0 bridgehead atoms. The molecule has 1 amide bonds. The van der Waals surface area contributed by atoms with Gasteiger partial charge >= 0.3 is 0 Å². The molecule has 1 fully saturated rings. The molecule has 3 unspecified atom stereocenters. The molecule has 23 heavy (non-hydrogen) atoms. The topological polar surface area (TPSA) is 46.3 Å². The quantitative estimate of drug-likeness (QED) is 0.883. The van der Waals surface area contributed by atoms with Crippen molar-refractivity contribution in [1.29, 1.82) is 0 Å². The summed E-state index contributed by atoms with van der Waals surface area (Å²) in [5, 5.41) is 0. The molecule has 2 N–H and O–H groups in total. The Kier molecular flexibility index (Phi) is 8.07. The number of hydrogen-bond donors (Lipinski definition) is 1. The van der Waals surface area contributed by atoms with Crippen LogP contribution in [0.2, 0.25) is 0 Å². The molecule has 4 heteroatoms. The van der Waals surface area contributed by atoms with Gasteiger partial charge in [0, 0.05) is 25.0 Å². The SMILES string of the molecule is CC(C)C(CC(=O)N1CCCCC1C(C)N)c1ccccc1.Cl. The Hall–Kier alpha value is -1.06. The van der Waals surface area contributed by atoms with Crippen LogP contribution in [-0.4, -0.2) is 29.4 Å². The highest BCUT2D eigenvalue weighted by Crippen LogP contribution is 2.30. The fraction of sp³-hybridized carbons (Fsp3) is 0.632. The minimum Gasteiger partial charge on any atom is -0.338 e. The van der Waals surface area contributed by atoms with Crippen molar-refractivity contribution in [2.24, 2.45) is 11.7 Å². The van der Waals surface area contributed by atoms with Crippen molar-refractivity contribution >= 4 is 18.3 Å². The second-order valence-corrected chi connectivity index (χ2v) is 6.97. The number of carbonyl (C=O) groups is 1. The van der Waals surface area contributed by atoms with Crippen LogP contribution in [0.25, 0.3) is 0 Å². The van der Waals surface area contributed by atoms with Crippen molar-refractivity contribution in [1.82, 2.24) is 4.90 Å². The van der Waals surface area contributed by atoms with Crippen molar-refractivity contribution in [2.75, 3.05) is 6.54 Å². The zero-order chi connectivity index (χ0) is 16.1. The van der Waals surface area contributed by atoms with Gasteiger partial charge in [0.15, 0.2) is 0 Å². The third-order valence-electron chi connectivity index (χ3n) is 4.90. The minimum atomic E-state index is 0. The van der Waals surface area contributed by atoms with E-state index < -0.39 is 0 Å². The normalized spacial score (nSPS) is 20.7. The lowest BCUT2D eigenvalue weighted by molar-refractivity contribution is -0.136. The number of halogens is 1. The molecule has 1 saturated heterocycles. The average Bonchev–Trinajstić information content (AvgIpc) is 2.52. The first-order valence-electron chi connectivity index (χ1n) is 8.60. The molecule has 1 aliphatic heterocycles. The molecule has 1 aliphatic rings. The first-order valence-corrected chi connectivity index (χ1v) is 8.60. The summed E-state index contributed by atoms with van der Waals surface area (Å²) in [5.41, 5.74) is 7.37. The maximum Gasteiger partial charge on any atom is 0.223 e. The minimum absolute atomic E-state index is 0. The number of piperidine rings is 1. The predicted molar refractivity (Wildman–Crippen MR) is 98.9 cm³/mol. The zero-order valence-corrected chi connectivity index (χ0v) is 15.4. The van der Waals surface area contributed by atoms with Crippen LogP contribution >= 0.6 is 12.4 Å². The fourth-order valence-electron chi connectivity index (χ4n) is 3.56. The Morgan fingerprint density at radius 1 is 1.22 bits per heavy atom. The lowest BCUT2D eigenvalue weighted by Gasteiger charge is -2.39. The van der Waals surface area contributed by atoms with Crippen molar-refractivity contribution in [3.05, 3.63) is 35.9 Å².